The Morgan fingerprint density at radius 2 is 0.736 bits per heavy atom. The molecule has 1 spiro atoms. The molecule has 2 aromatic heterocycles. The minimum atomic E-state index is -0.673. The summed E-state index contributed by atoms with van der Waals surface area (Å²) in [6.45, 7) is 4.35. The van der Waals surface area contributed by atoms with Gasteiger partial charge in [0.25, 0.3) is 0 Å². The summed E-state index contributed by atoms with van der Waals surface area (Å²) in [6.07, 6.45) is 0. The molecule has 0 bridgehead atoms. The van der Waals surface area contributed by atoms with E-state index in [0.29, 0.717) is 0 Å². The second-order valence-corrected chi connectivity index (χ2v) is 24.7. The topological polar surface area (TPSA) is 32.8 Å². The van der Waals surface area contributed by atoms with E-state index >= 15 is 0 Å². The predicted octanol–water partition coefficient (Wildman–Crippen LogP) is 24.2. The smallest absolute Gasteiger partial charge is 0.159 e. The zero-order chi connectivity index (χ0) is 60.1. The summed E-state index contributed by atoms with van der Waals surface area (Å²) in [5.74, 6) is 0. The maximum Gasteiger partial charge on any atom is 0.159 e. The average Bonchev–Trinajstić information content (AvgIpc) is 1.50. The number of furan rings is 2. The molecule has 91 heavy (non-hydrogen) atoms. The number of fused-ring (bicyclic) bond motifs is 21. The Morgan fingerprint density at radius 3 is 1.36 bits per heavy atom. The van der Waals surface area contributed by atoms with E-state index in [0.717, 1.165) is 99.9 Å². The van der Waals surface area contributed by atoms with Crippen molar-refractivity contribution in [1.29, 1.82) is 0 Å². The summed E-state index contributed by atoms with van der Waals surface area (Å²) in [5.41, 5.74) is 26.1. The van der Waals surface area contributed by atoms with Gasteiger partial charge in [-0.05, 0) is 186 Å². The van der Waals surface area contributed by atoms with Gasteiger partial charge in [0.05, 0.1) is 16.8 Å². The molecule has 2 aliphatic rings. The third-order valence-electron chi connectivity index (χ3n) is 19.9. The van der Waals surface area contributed by atoms with E-state index in [4.69, 9.17) is 8.83 Å². The molecule has 19 rings (SSSR count). The first-order chi connectivity index (χ1) is 45.0. The molecule has 17 aromatic rings. The molecule has 426 valence electrons. The van der Waals surface area contributed by atoms with Crippen LogP contribution >= 0.6 is 0 Å². The van der Waals surface area contributed by atoms with Crippen LogP contribution in [0.5, 0.6) is 0 Å². The minimum absolute atomic E-state index is 0.673. The number of hydrogen-bond acceptors (Lipinski definition) is 4. The van der Waals surface area contributed by atoms with Crippen molar-refractivity contribution >= 4 is 110 Å². The van der Waals surface area contributed by atoms with E-state index in [2.05, 4.69) is 327 Å². The number of benzene rings is 15. The number of aryl methyl sites for hydroxylation is 2. The number of rotatable bonds is 8. The highest BCUT2D eigenvalue weighted by atomic mass is 16.3. The van der Waals surface area contributed by atoms with Crippen LogP contribution in [0.3, 0.4) is 0 Å². The molecular weight excluding hydrogens is 1100 g/mol. The third-order valence-corrected chi connectivity index (χ3v) is 19.9. The van der Waals surface area contributed by atoms with Gasteiger partial charge in [-0.2, -0.15) is 0 Å². The van der Waals surface area contributed by atoms with Crippen molar-refractivity contribution in [1.82, 2.24) is 0 Å². The monoisotopic (exact) mass is 1160 g/mol. The average molecular weight is 1160 g/mol. The Kier molecular flexibility index (Phi) is 11.1. The molecule has 15 aromatic carbocycles. The number of para-hydroxylation sites is 6. The van der Waals surface area contributed by atoms with Gasteiger partial charge in [0, 0.05) is 55.4 Å². The molecule has 2 heterocycles. The molecule has 4 heteroatoms. The Bertz CT molecular complexity index is 5890. The van der Waals surface area contributed by atoms with Crippen LogP contribution in [-0.4, -0.2) is 0 Å². The van der Waals surface area contributed by atoms with Crippen LogP contribution in [0.15, 0.2) is 312 Å². The van der Waals surface area contributed by atoms with Crippen LogP contribution in [0.4, 0.5) is 34.1 Å². The SMILES string of the molecule is Cc1ccccc1-c1cccc2c1oc1c(N(c3ccccc3)c3ccc4cc5c(cc4c3)C3(c4ccccc4-c4c3ccc3ccccc43)c3c-5ccc4cc(N(c5ccccc5)c5cccc6c5oc5c(-c7ccccc7C)cccc56)ccc34)cccc12. The summed E-state index contributed by atoms with van der Waals surface area (Å²) in [6, 6.07) is 112. The zero-order valence-corrected chi connectivity index (χ0v) is 50.1. The van der Waals surface area contributed by atoms with Gasteiger partial charge in [-0.25, -0.2) is 0 Å². The van der Waals surface area contributed by atoms with Crippen molar-refractivity contribution in [3.8, 4) is 44.5 Å². The van der Waals surface area contributed by atoms with Gasteiger partial charge in [-0.3, -0.25) is 0 Å². The molecule has 0 aliphatic heterocycles. The van der Waals surface area contributed by atoms with Gasteiger partial charge in [0.1, 0.15) is 11.2 Å². The molecule has 0 amide bonds. The van der Waals surface area contributed by atoms with Crippen molar-refractivity contribution < 1.29 is 8.83 Å². The number of anilines is 6. The quantitative estimate of drug-likeness (QED) is 0.152. The number of nitrogens with zero attached hydrogens (tertiary/aromatic N) is 2. The second-order valence-electron chi connectivity index (χ2n) is 24.7. The third kappa shape index (κ3) is 7.39. The fourth-order valence-corrected chi connectivity index (χ4v) is 15.9. The summed E-state index contributed by atoms with van der Waals surface area (Å²) < 4.78 is 14.4. The van der Waals surface area contributed by atoms with Crippen LogP contribution in [0.2, 0.25) is 0 Å². The summed E-state index contributed by atoms with van der Waals surface area (Å²) >= 11 is 0. The van der Waals surface area contributed by atoms with Gasteiger partial charge < -0.3 is 18.6 Å². The minimum Gasteiger partial charge on any atom is -0.453 e. The highest BCUT2D eigenvalue weighted by molar-refractivity contribution is 6.17. The molecule has 4 nitrogen and oxygen atoms in total. The molecule has 0 radical (unpaired) electrons. The van der Waals surface area contributed by atoms with E-state index in [1.54, 1.807) is 0 Å². The molecule has 1 atom stereocenters. The molecule has 2 aliphatic carbocycles. The Labute approximate surface area is 526 Å². The zero-order valence-electron chi connectivity index (χ0n) is 50.1. The standard InChI is InChI=1S/C87H56N2O2/c1-53-21-9-12-28-63(53)68-32-17-34-70-72-36-19-39-79(85(72)90-83(68)70)88(59-24-5-3-6-25-59)61-44-41-56-51-75-67-46-42-57-49-62(89(60-26-7-4-8-27-60)80-40-20-37-73-71-35-18-33-69(84(71)91-86(73)80)64-29-13-10-22-54(64)2)45-47-66(57)82(67)87(78(75)52-58(56)50-61)76-38-16-15-31-74(76)81-65-30-14-11-23-55(65)43-48-77(81)87/h3-52H,1-2H3. The maximum absolute atomic E-state index is 7.19. The van der Waals surface area contributed by atoms with Crippen molar-refractivity contribution in [2.45, 2.75) is 19.3 Å². The highest BCUT2D eigenvalue weighted by Gasteiger charge is 2.53. The van der Waals surface area contributed by atoms with Crippen LogP contribution in [-0.2, 0) is 5.41 Å². The Hall–Kier alpha value is -11.7. The lowest BCUT2D eigenvalue weighted by molar-refractivity contribution is 0.670. The van der Waals surface area contributed by atoms with Crippen LogP contribution in [0, 0.1) is 13.8 Å². The van der Waals surface area contributed by atoms with Gasteiger partial charge in [-0.15, -0.1) is 0 Å². The van der Waals surface area contributed by atoms with Crippen LogP contribution < -0.4 is 9.80 Å². The van der Waals surface area contributed by atoms with Gasteiger partial charge in [0.15, 0.2) is 11.2 Å². The lowest BCUT2D eigenvalue weighted by atomic mass is 9.69. The highest BCUT2D eigenvalue weighted by Crippen LogP contribution is 2.66. The Balaban J connectivity index is 0.824. The van der Waals surface area contributed by atoms with E-state index in [9.17, 15) is 0 Å². The molecular formula is C87H56N2O2. The van der Waals surface area contributed by atoms with Gasteiger partial charge >= 0.3 is 0 Å². The van der Waals surface area contributed by atoms with Crippen molar-refractivity contribution in [3.63, 3.8) is 0 Å². The molecule has 0 fully saturated rings. The summed E-state index contributed by atoms with van der Waals surface area (Å²) in [5, 5.41) is 11.6. The second kappa shape index (κ2) is 19.6. The largest absolute Gasteiger partial charge is 0.453 e. The molecule has 0 N–H and O–H groups in total. The fraction of sp³-hybridized carbons (Fsp3) is 0.0345. The van der Waals surface area contributed by atoms with Crippen molar-refractivity contribution in [2.75, 3.05) is 9.80 Å². The predicted molar refractivity (Wildman–Crippen MR) is 380 cm³/mol. The van der Waals surface area contributed by atoms with E-state index in [1.807, 2.05) is 0 Å². The van der Waals surface area contributed by atoms with E-state index in [-0.39, 0.29) is 0 Å². The Morgan fingerprint density at radius 1 is 0.253 bits per heavy atom. The van der Waals surface area contributed by atoms with Gasteiger partial charge in [-0.1, -0.05) is 231 Å². The first kappa shape index (κ1) is 51.3. The van der Waals surface area contributed by atoms with Crippen LogP contribution in [0.25, 0.3) is 121 Å². The lowest BCUT2D eigenvalue weighted by Gasteiger charge is -2.32. The first-order valence-corrected chi connectivity index (χ1v) is 31.5. The summed E-state index contributed by atoms with van der Waals surface area (Å²) in [7, 11) is 0. The normalized spacial score (nSPS) is 13.9. The lowest BCUT2D eigenvalue weighted by Crippen LogP contribution is -2.26. The number of hydrogen-bond donors (Lipinski definition) is 0. The maximum atomic E-state index is 7.19. The molecule has 1 unspecified atom stereocenters. The fourth-order valence-electron chi connectivity index (χ4n) is 15.9. The van der Waals surface area contributed by atoms with Crippen molar-refractivity contribution in [2.24, 2.45) is 0 Å². The van der Waals surface area contributed by atoms with E-state index in [1.165, 1.54) is 88.3 Å². The van der Waals surface area contributed by atoms with E-state index < -0.39 is 5.41 Å². The van der Waals surface area contributed by atoms with Crippen molar-refractivity contribution in [3.05, 3.63) is 337 Å². The molecule has 0 saturated heterocycles. The van der Waals surface area contributed by atoms with Gasteiger partial charge in [0.2, 0.25) is 0 Å². The first-order valence-electron chi connectivity index (χ1n) is 31.5. The summed E-state index contributed by atoms with van der Waals surface area (Å²) in [4.78, 5) is 4.76. The van der Waals surface area contributed by atoms with Crippen LogP contribution in [0.1, 0.15) is 33.4 Å². The molecule has 0 saturated carbocycles.